The number of rotatable bonds is 11. The second kappa shape index (κ2) is 16.7. The summed E-state index contributed by atoms with van der Waals surface area (Å²) in [6.07, 6.45) is 12.5. The first-order valence-electron chi connectivity index (χ1n) is 7.18. The molecule has 0 aliphatic heterocycles. The van der Waals surface area contributed by atoms with Gasteiger partial charge in [-0.3, -0.25) is 9.59 Å². The van der Waals surface area contributed by atoms with E-state index < -0.39 is 11.9 Å². The van der Waals surface area contributed by atoms with Crippen molar-refractivity contribution in [3.63, 3.8) is 0 Å². The average molecular weight is 271 g/mol. The van der Waals surface area contributed by atoms with E-state index in [1.165, 1.54) is 44.9 Å². The molecule has 4 nitrogen and oxygen atoms in total. The van der Waals surface area contributed by atoms with Gasteiger partial charge in [-0.2, -0.15) is 0 Å². The number of amides is 1. The molecule has 0 unspecified atom stereocenters. The first-order valence-corrected chi connectivity index (χ1v) is 7.18. The van der Waals surface area contributed by atoms with Crippen molar-refractivity contribution in [2.45, 2.75) is 71.1 Å². The highest BCUT2D eigenvalue weighted by atomic mass is 16.4. The quantitative estimate of drug-likeness (QED) is 0.444. The van der Waals surface area contributed by atoms with Crippen molar-refractivity contribution >= 4 is 11.9 Å². The van der Waals surface area contributed by atoms with E-state index in [0.29, 0.717) is 6.42 Å². The van der Waals surface area contributed by atoms with Crippen molar-refractivity contribution in [2.24, 2.45) is 5.73 Å². The topological polar surface area (TPSA) is 80.4 Å². The molecule has 112 valence electrons. The summed E-state index contributed by atoms with van der Waals surface area (Å²) in [5, 5.41) is 8.41. The zero-order valence-electron chi connectivity index (χ0n) is 12.2. The van der Waals surface area contributed by atoms with Crippen LogP contribution >= 0.6 is 0 Å². The first-order chi connectivity index (χ1) is 9.04. The molecule has 3 N–H and O–H groups in total. The van der Waals surface area contributed by atoms with Crippen LogP contribution in [0.15, 0.2) is 12.7 Å². The third-order valence-corrected chi connectivity index (χ3v) is 2.70. The lowest BCUT2D eigenvalue weighted by molar-refractivity contribution is -0.137. The Morgan fingerprint density at radius 1 is 1.00 bits per heavy atom. The molecule has 0 radical (unpaired) electrons. The molecule has 0 saturated heterocycles. The summed E-state index contributed by atoms with van der Waals surface area (Å²) in [5.74, 6) is -1.14. The summed E-state index contributed by atoms with van der Waals surface area (Å²) in [6.45, 7) is 5.31. The Kier molecular flexibility index (Phi) is 17.6. The van der Waals surface area contributed by atoms with Crippen molar-refractivity contribution in [1.29, 1.82) is 0 Å². The Balaban J connectivity index is 0. The fourth-order valence-corrected chi connectivity index (χ4v) is 1.59. The fourth-order valence-electron chi connectivity index (χ4n) is 1.59. The molecule has 0 saturated carbocycles. The van der Waals surface area contributed by atoms with Crippen LogP contribution in [0.5, 0.6) is 0 Å². The molecule has 0 bridgehead atoms. The number of carboxylic acid groups (broad SMARTS) is 1. The summed E-state index contributed by atoms with van der Waals surface area (Å²) in [5.41, 5.74) is 4.53. The van der Waals surface area contributed by atoms with Crippen LogP contribution in [0.25, 0.3) is 0 Å². The molecule has 0 aliphatic rings. The number of carboxylic acids is 1. The molecular weight excluding hydrogens is 242 g/mol. The SMILES string of the molecule is C=CC(N)=O.CCCCCCCCCCCC(=O)O. The zero-order valence-corrected chi connectivity index (χ0v) is 12.2. The molecular formula is C15H29NO3. The van der Waals surface area contributed by atoms with E-state index in [2.05, 4.69) is 19.2 Å². The molecule has 4 heteroatoms. The van der Waals surface area contributed by atoms with Crippen LogP contribution in [0.3, 0.4) is 0 Å². The predicted octanol–water partition coefficient (Wildman–Crippen LogP) is 3.65. The molecule has 0 spiro atoms. The van der Waals surface area contributed by atoms with Gasteiger partial charge in [0.25, 0.3) is 0 Å². The van der Waals surface area contributed by atoms with Crippen LogP contribution in [0, 0.1) is 0 Å². The number of hydrogen-bond donors (Lipinski definition) is 2. The van der Waals surface area contributed by atoms with Gasteiger partial charge in [-0.15, -0.1) is 0 Å². The summed E-state index contributed by atoms with van der Waals surface area (Å²) in [6, 6.07) is 0. The third-order valence-electron chi connectivity index (χ3n) is 2.70. The third kappa shape index (κ3) is 26.3. The molecule has 0 aliphatic carbocycles. The molecule has 0 rings (SSSR count). The van der Waals surface area contributed by atoms with E-state index in [4.69, 9.17) is 5.11 Å². The van der Waals surface area contributed by atoms with Crippen LogP contribution in [0.1, 0.15) is 71.1 Å². The highest BCUT2D eigenvalue weighted by molar-refractivity contribution is 5.84. The normalized spacial score (nSPS) is 9.32. The molecule has 0 aromatic heterocycles. The highest BCUT2D eigenvalue weighted by Crippen LogP contribution is 2.10. The molecule has 1 amide bonds. The lowest BCUT2D eigenvalue weighted by Gasteiger charge is -2.00. The van der Waals surface area contributed by atoms with E-state index in [9.17, 15) is 9.59 Å². The number of carbonyl (C=O) groups is 2. The lowest BCUT2D eigenvalue weighted by Crippen LogP contribution is -2.04. The summed E-state index contributed by atoms with van der Waals surface area (Å²) >= 11 is 0. The second-order valence-electron chi connectivity index (χ2n) is 4.58. The minimum absolute atomic E-state index is 0.343. The lowest BCUT2D eigenvalue weighted by atomic mass is 10.1. The van der Waals surface area contributed by atoms with Gasteiger partial charge in [-0.05, 0) is 12.5 Å². The zero-order chi connectivity index (χ0) is 14.9. The first kappa shape index (κ1) is 20.0. The largest absolute Gasteiger partial charge is 0.481 e. The van der Waals surface area contributed by atoms with Crippen LogP contribution in [0.2, 0.25) is 0 Å². The van der Waals surface area contributed by atoms with Crippen molar-refractivity contribution in [3.05, 3.63) is 12.7 Å². The van der Waals surface area contributed by atoms with Gasteiger partial charge >= 0.3 is 5.97 Å². The van der Waals surface area contributed by atoms with E-state index >= 15 is 0 Å². The maximum absolute atomic E-state index is 10.2. The van der Waals surface area contributed by atoms with Gasteiger partial charge in [-0.25, -0.2) is 0 Å². The Labute approximate surface area is 117 Å². The van der Waals surface area contributed by atoms with Crippen LogP contribution < -0.4 is 5.73 Å². The van der Waals surface area contributed by atoms with E-state index in [0.717, 1.165) is 18.9 Å². The maximum atomic E-state index is 10.2. The minimum atomic E-state index is -0.659. The summed E-state index contributed by atoms with van der Waals surface area (Å²) in [7, 11) is 0. The number of carbonyl (C=O) groups excluding carboxylic acids is 1. The summed E-state index contributed by atoms with van der Waals surface area (Å²) < 4.78 is 0. The van der Waals surface area contributed by atoms with Crippen LogP contribution in [-0.4, -0.2) is 17.0 Å². The van der Waals surface area contributed by atoms with Crippen molar-refractivity contribution in [1.82, 2.24) is 0 Å². The molecule has 19 heavy (non-hydrogen) atoms. The number of hydrogen-bond acceptors (Lipinski definition) is 2. The number of primary amides is 1. The predicted molar refractivity (Wildman–Crippen MR) is 78.9 cm³/mol. The van der Waals surface area contributed by atoms with E-state index in [1.807, 2.05) is 0 Å². The molecule has 0 heterocycles. The van der Waals surface area contributed by atoms with Crippen molar-refractivity contribution in [2.75, 3.05) is 0 Å². The van der Waals surface area contributed by atoms with Gasteiger partial charge in [0.15, 0.2) is 0 Å². The summed E-state index contributed by atoms with van der Waals surface area (Å²) in [4.78, 5) is 19.7. The van der Waals surface area contributed by atoms with E-state index in [1.54, 1.807) is 0 Å². The number of aliphatic carboxylic acids is 1. The highest BCUT2D eigenvalue weighted by Gasteiger charge is 1.96. The molecule has 0 atom stereocenters. The van der Waals surface area contributed by atoms with E-state index in [-0.39, 0.29) is 0 Å². The van der Waals surface area contributed by atoms with Gasteiger partial charge in [0.2, 0.25) is 5.91 Å². The Morgan fingerprint density at radius 2 is 1.37 bits per heavy atom. The average Bonchev–Trinajstić information content (AvgIpc) is 2.37. The van der Waals surface area contributed by atoms with Crippen LogP contribution in [-0.2, 0) is 9.59 Å². The van der Waals surface area contributed by atoms with Crippen molar-refractivity contribution in [3.8, 4) is 0 Å². The van der Waals surface area contributed by atoms with Gasteiger partial charge in [0.1, 0.15) is 0 Å². The Morgan fingerprint density at radius 3 is 1.68 bits per heavy atom. The Hall–Kier alpha value is -1.32. The smallest absolute Gasteiger partial charge is 0.303 e. The van der Waals surface area contributed by atoms with Crippen LogP contribution in [0.4, 0.5) is 0 Å². The molecule has 0 aromatic carbocycles. The standard InChI is InChI=1S/C12H24O2.C3H5NO/c1-2-3-4-5-6-7-8-9-10-11-12(13)14;1-2-3(4)5/h2-11H2,1H3,(H,13,14);2H,1H2,(H2,4,5). The van der Waals surface area contributed by atoms with Gasteiger partial charge in [0, 0.05) is 6.42 Å². The minimum Gasteiger partial charge on any atom is -0.481 e. The molecule has 0 aromatic rings. The molecule has 0 fully saturated rings. The Bertz CT molecular complexity index is 240. The van der Waals surface area contributed by atoms with Crippen molar-refractivity contribution < 1.29 is 14.7 Å². The second-order valence-corrected chi connectivity index (χ2v) is 4.58. The van der Waals surface area contributed by atoms with Gasteiger partial charge in [0.05, 0.1) is 0 Å². The van der Waals surface area contributed by atoms with Gasteiger partial charge < -0.3 is 10.8 Å². The van der Waals surface area contributed by atoms with Gasteiger partial charge in [-0.1, -0.05) is 64.9 Å². The number of unbranched alkanes of at least 4 members (excludes halogenated alkanes) is 8. The monoisotopic (exact) mass is 271 g/mol. The number of nitrogens with two attached hydrogens (primary N) is 1. The fraction of sp³-hybridized carbons (Fsp3) is 0.733. The maximum Gasteiger partial charge on any atom is 0.303 e.